The summed E-state index contributed by atoms with van der Waals surface area (Å²) in [6.45, 7) is 2.24. The van der Waals surface area contributed by atoms with Crippen molar-refractivity contribution < 1.29 is 4.74 Å². The molecule has 1 aromatic carbocycles. The highest BCUT2D eigenvalue weighted by atomic mass is 79.9. The Kier molecular flexibility index (Phi) is 5.84. The monoisotopic (exact) mass is 348 g/mol. The maximum atomic E-state index is 5.25. The van der Waals surface area contributed by atoms with E-state index in [1.807, 2.05) is 6.07 Å². The fourth-order valence-electron chi connectivity index (χ4n) is 1.66. The molecule has 0 atom stereocenters. The van der Waals surface area contributed by atoms with E-state index in [9.17, 15) is 0 Å². The van der Waals surface area contributed by atoms with Crippen molar-refractivity contribution in [1.29, 1.82) is 0 Å². The summed E-state index contributed by atoms with van der Waals surface area (Å²) in [6, 6.07) is 8.32. The van der Waals surface area contributed by atoms with Gasteiger partial charge in [0.25, 0.3) is 0 Å². The van der Waals surface area contributed by atoms with Crippen LogP contribution in [0, 0.1) is 5.41 Å². The van der Waals surface area contributed by atoms with Crippen molar-refractivity contribution in [2.24, 2.45) is 5.41 Å². The van der Waals surface area contributed by atoms with Gasteiger partial charge < -0.3 is 4.74 Å². The smallest absolute Gasteiger partial charge is 0.119 e. The van der Waals surface area contributed by atoms with Crippen LogP contribution in [0.2, 0.25) is 0 Å². The lowest BCUT2D eigenvalue weighted by atomic mass is 9.83. The van der Waals surface area contributed by atoms with Gasteiger partial charge in [0.15, 0.2) is 0 Å². The van der Waals surface area contributed by atoms with Crippen LogP contribution in [-0.2, 0) is 6.42 Å². The fraction of sp³-hybridized carbons (Fsp3) is 0.538. The third-order valence-corrected chi connectivity index (χ3v) is 5.41. The molecule has 1 aromatic rings. The van der Waals surface area contributed by atoms with Crippen LogP contribution in [-0.4, -0.2) is 17.8 Å². The predicted molar refractivity (Wildman–Crippen MR) is 77.0 cm³/mol. The first-order valence-corrected chi connectivity index (χ1v) is 7.69. The highest BCUT2D eigenvalue weighted by Crippen LogP contribution is 2.32. The van der Waals surface area contributed by atoms with E-state index in [1.165, 1.54) is 5.56 Å². The second-order valence-corrected chi connectivity index (χ2v) is 5.27. The number of hydrogen-bond acceptors (Lipinski definition) is 1. The summed E-state index contributed by atoms with van der Waals surface area (Å²) >= 11 is 7.25. The van der Waals surface area contributed by atoms with Crippen LogP contribution in [0.4, 0.5) is 0 Å². The summed E-state index contributed by atoms with van der Waals surface area (Å²) < 4.78 is 5.25. The summed E-state index contributed by atoms with van der Waals surface area (Å²) in [5, 5.41) is 2.03. The Bertz CT molecular complexity index is 313. The molecule has 1 nitrogen and oxygen atoms in total. The standard InChI is InChI=1S/C13H18Br2O/c1-3-13(9-14,10-15)8-11-5-4-6-12(7-11)16-2/h4-7H,3,8-10H2,1-2H3. The molecule has 0 spiro atoms. The zero-order chi connectivity index (χ0) is 12.0. The summed E-state index contributed by atoms with van der Waals surface area (Å²) in [5.41, 5.74) is 1.63. The van der Waals surface area contributed by atoms with E-state index in [0.717, 1.165) is 29.3 Å². The van der Waals surface area contributed by atoms with E-state index in [-0.39, 0.29) is 0 Å². The van der Waals surface area contributed by atoms with Gasteiger partial charge >= 0.3 is 0 Å². The van der Waals surface area contributed by atoms with Crippen molar-refractivity contribution in [3.8, 4) is 5.75 Å². The molecule has 0 radical (unpaired) electrons. The quantitative estimate of drug-likeness (QED) is 0.690. The normalized spacial score (nSPS) is 11.5. The van der Waals surface area contributed by atoms with Crippen LogP contribution in [0.3, 0.4) is 0 Å². The minimum Gasteiger partial charge on any atom is -0.497 e. The number of halogens is 2. The molecule has 0 aliphatic carbocycles. The largest absolute Gasteiger partial charge is 0.497 e. The van der Waals surface area contributed by atoms with Crippen molar-refractivity contribution in [2.75, 3.05) is 17.8 Å². The van der Waals surface area contributed by atoms with E-state index in [2.05, 4.69) is 57.0 Å². The van der Waals surface area contributed by atoms with Crippen molar-refractivity contribution >= 4 is 31.9 Å². The van der Waals surface area contributed by atoms with Gasteiger partial charge in [-0.3, -0.25) is 0 Å². The Morgan fingerprint density at radius 1 is 1.25 bits per heavy atom. The highest BCUT2D eigenvalue weighted by Gasteiger charge is 2.26. The molecule has 0 saturated carbocycles. The van der Waals surface area contributed by atoms with Crippen LogP contribution in [0.1, 0.15) is 18.9 Å². The summed E-state index contributed by atoms with van der Waals surface area (Å²) in [6.07, 6.45) is 2.22. The van der Waals surface area contributed by atoms with Gasteiger partial charge in [0.2, 0.25) is 0 Å². The second-order valence-electron chi connectivity index (χ2n) is 4.15. The van der Waals surface area contributed by atoms with E-state index < -0.39 is 0 Å². The molecule has 1 rings (SSSR count). The number of benzene rings is 1. The van der Waals surface area contributed by atoms with Crippen LogP contribution in [0.15, 0.2) is 24.3 Å². The molecule has 0 amide bonds. The van der Waals surface area contributed by atoms with Crippen LogP contribution in [0.25, 0.3) is 0 Å². The molecule has 16 heavy (non-hydrogen) atoms. The van der Waals surface area contributed by atoms with Crippen molar-refractivity contribution in [3.63, 3.8) is 0 Å². The third kappa shape index (κ3) is 3.49. The first-order valence-electron chi connectivity index (χ1n) is 5.44. The van der Waals surface area contributed by atoms with Crippen LogP contribution in [0.5, 0.6) is 5.75 Å². The minimum atomic E-state index is 0.298. The molecule has 0 heterocycles. The maximum absolute atomic E-state index is 5.25. The molecular formula is C13H18Br2O. The topological polar surface area (TPSA) is 9.23 Å². The average molecular weight is 350 g/mol. The molecule has 0 saturated heterocycles. The lowest BCUT2D eigenvalue weighted by Crippen LogP contribution is -2.26. The Morgan fingerprint density at radius 2 is 1.94 bits per heavy atom. The fourth-order valence-corrected chi connectivity index (χ4v) is 3.78. The van der Waals surface area contributed by atoms with Crippen LogP contribution < -0.4 is 4.74 Å². The molecule has 0 N–H and O–H groups in total. The Morgan fingerprint density at radius 3 is 2.44 bits per heavy atom. The Balaban J connectivity index is 2.84. The van der Waals surface area contributed by atoms with Gasteiger partial charge in [0, 0.05) is 10.7 Å². The van der Waals surface area contributed by atoms with Gasteiger partial charge in [-0.1, -0.05) is 50.9 Å². The Labute approximate surface area is 115 Å². The van der Waals surface area contributed by atoms with Gasteiger partial charge in [-0.05, 0) is 36.0 Å². The number of methoxy groups -OCH3 is 1. The predicted octanol–water partition coefficient (Wildman–Crippen LogP) is 4.42. The lowest BCUT2D eigenvalue weighted by molar-refractivity contribution is 0.371. The number of ether oxygens (including phenoxy) is 1. The molecule has 90 valence electrons. The highest BCUT2D eigenvalue weighted by molar-refractivity contribution is 9.09. The van der Waals surface area contributed by atoms with E-state index in [0.29, 0.717) is 5.41 Å². The Hall–Kier alpha value is -0.0200. The average Bonchev–Trinajstić information content (AvgIpc) is 2.36. The molecule has 0 fully saturated rings. The molecule has 0 unspecified atom stereocenters. The zero-order valence-electron chi connectivity index (χ0n) is 9.80. The zero-order valence-corrected chi connectivity index (χ0v) is 13.0. The summed E-state index contributed by atoms with van der Waals surface area (Å²) in [7, 11) is 1.71. The van der Waals surface area contributed by atoms with Crippen LogP contribution >= 0.6 is 31.9 Å². The van der Waals surface area contributed by atoms with E-state index in [4.69, 9.17) is 4.74 Å². The third-order valence-electron chi connectivity index (χ3n) is 3.03. The molecule has 0 bridgehead atoms. The lowest BCUT2D eigenvalue weighted by Gasteiger charge is -2.28. The number of alkyl halides is 2. The first-order chi connectivity index (χ1) is 7.69. The van der Waals surface area contributed by atoms with Gasteiger partial charge in [-0.15, -0.1) is 0 Å². The molecule has 0 aromatic heterocycles. The minimum absolute atomic E-state index is 0.298. The molecule has 0 aliphatic heterocycles. The van der Waals surface area contributed by atoms with Crippen molar-refractivity contribution in [3.05, 3.63) is 29.8 Å². The van der Waals surface area contributed by atoms with Gasteiger partial charge in [-0.2, -0.15) is 0 Å². The van der Waals surface area contributed by atoms with Gasteiger partial charge in [0.1, 0.15) is 5.75 Å². The summed E-state index contributed by atoms with van der Waals surface area (Å²) in [5.74, 6) is 0.937. The first kappa shape index (κ1) is 14.0. The van der Waals surface area contributed by atoms with Gasteiger partial charge in [-0.25, -0.2) is 0 Å². The maximum Gasteiger partial charge on any atom is 0.119 e. The van der Waals surface area contributed by atoms with E-state index in [1.54, 1.807) is 7.11 Å². The van der Waals surface area contributed by atoms with Crippen molar-refractivity contribution in [2.45, 2.75) is 19.8 Å². The number of rotatable bonds is 6. The summed E-state index contributed by atoms with van der Waals surface area (Å²) in [4.78, 5) is 0. The van der Waals surface area contributed by atoms with E-state index >= 15 is 0 Å². The number of hydrogen-bond donors (Lipinski definition) is 0. The molecule has 0 aliphatic rings. The molecular weight excluding hydrogens is 332 g/mol. The SMILES string of the molecule is CCC(CBr)(CBr)Cc1cccc(OC)c1. The van der Waals surface area contributed by atoms with Gasteiger partial charge in [0.05, 0.1) is 7.11 Å². The molecule has 3 heteroatoms. The van der Waals surface area contributed by atoms with Crippen molar-refractivity contribution in [1.82, 2.24) is 0 Å². The second kappa shape index (κ2) is 6.65.